The van der Waals surface area contributed by atoms with E-state index in [9.17, 15) is 4.79 Å². The Morgan fingerprint density at radius 1 is 1.64 bits per heavy atom. The molecule has 2 N–H and O–H groups in total. The van der Waals surface area contributed by atoms with Crippen LogP contribution in [0.5, 0.6) is 0 Å². The van der Waals surface area contributed by atoms with Gasteiger partial charge in [0.1, 0.15) is 0 Å². The van der Waals surface area contributed by atoms with E-state index in [0.717, 1.165) is 19.4 Å². The van der Waals surface area contributed by atoms with Gasteiger partial charge < -0.3 is 15.4 Å². The van der Waals surface area contributed by atoms with Gasteiger partial charge in [0.15, 0.2) is 0 Å². The number of carbonyl (C=O) groups excluding carboxylic acids is 1. The third kappa shape index (κ3) is 1.18. The molecule has 2 rings (SSSR count). The van der Waals surface area contributed by atoms with Crippen molar-refractivity contribution in [1.29, 1.82) is 0 Å². The highest BCUT2D eigenvalue weighted by Crippen LogP contribution is 2.27. The predicted molar refractivity (Wildman–Crippen MR) is 39.1 cm³/mol. The number of rotatable bonds is 1. The summed E-state index contributed by atoms with van der Waals surface area (Å²) in [5, 5.41) is 0. The molecular formula is C7H12N2O2. The molecule has 0 radical (unpaired) electrons. The monoisotopic (exact) mass is 156 g/mol. The van der Waals surface area contributed by atoms with Crippen LogP contribution in [0.15, 0.2) is 0 Å². The second-order valence-electron chi connectivity index (χ2n) is 3.13. The molecule has 4 nitrogen and oxygen atoms in total. The summed E-state index contributed by atoms with van der Waals surface area (Å²) in [5.74, 6) is 0. The molecule has 1 saturated heterocycles. The number of carbonyl (C=O) groups is 1. The minimum atomic E-state index is -0.186. The number of hydrogen-bond donors (Lipinski definition) is 1. The van der Waals surface area contributed by atoms with Crippen molar-refractivity contribution < 1.29 is 9.53 Å². The summed E-state index contributed by atoms with van der Waals surface area (Å²) in [6.07, 6.45) is 1.69. The van der Waals surface area contributed by atoms with Crippen LogP contribution in [0.2, 0.25) is 0 Å². The van der Waals surface area contributed by atoms with E-state index in [1.165, 1.54) is 0 Å². The largest absolute Gasteiger partial charge is 0.449 e. The molecule has 1 aliphatic heterocycles. The fraction of sp³-hybridized carbons (Fsp3) is 0.857. The summed E-state index contributed by atoms with van der Waals surface area (Å²) in [4.78, 5) is 12.8. The maximum absolute atomic E-state index is 11.1. The van der Waals surface area contributed by atoms with E-state index in [1.54, 1.807) is 4.90 Å². The predicted octanol–water partition coefficient (Wildman–Crippen LogP) is -0.0717. The van der Waals surface area contributed by atoms with Crippen molar-refractivity contribution in [1.82, 2.24) is 4.90 Å². The van der Waals surface area contributed by atoms with Crippen LogP contribution in [-0.4, -0.2) is 36.2 Å². The van der Waals surface area contributed by atoms with Gasteiger partial charge in [-0.1, -0.05) is 0 Å². The Hall–Kier alpha value is -0.770. The first kappa shape index (κ1) is 6.91. The van der Waals surface area contributed by atoms with Gasteiger partial charge in [0.05, 0.1) is 12.6 Å². The lowest BCUT2D eigenvalue weighted by molar-refractivity contribution is 0.0692. The average molecular weight is 156 g/mol. The molecule has 2 fully saturated rings. The van der Waals surface area contributed by atoms with Gasteiger partial charge in [-0.15, -0.1) is 0 Å². The quantitative estimate of drug-likeness (QED) is 0.578. The third-order valence-electron chi connectivity index (χ3n) is 2.21. The molecule has 2 atom stereocenters. The standard InChI is InChI=1S/C7H12N2O2/c8-5-4-6(5)9-2-1-3-11-7(9)10/h5-6H,1-4,8H2. The van der Waals surface area contributed by atoms with Crippen LogP contribution in [0.4, 0.5) is 4.79 Å². The molecule has 2 unspecified atom stereocenters. The zero-order valence-electron chi connectivity index (χ0n) is 6.32. The number of cyclic esters (lactones) is 1. The van der Waals surface area contributed by atoms with E-state index < -0.39 is 0 Å². The molecule has 62 valence electrons. The number of hydrogen-bond acceptors (Lipinski definition) is 3. The van der Waals surface area contributed by atoms with Gasteiger partial charge in [0.2, 0.25) is 0 Å². The Bertz CT molecular complexity index is 183. The second-order valence-corrected chi connectivity index (χ2v) is 3.13. The van der Waals surface area contributed by atoms with Gasteiger partial charge in [-0.25, -0.2) is 4.79 Å². The summed E-state index contributed by atoms with van der Waals surface area (Å²) in [5.41, 5.74) is 5.61. The summed E-state index contributed by atoms with van der Waals surface area (Å²) < 4.78 is 4.87. The lowest BCUT2D eigenvalue weighted by Gasteiger charge is -2.26. The fourth-order valence-electron chi connectivity index (χ4n) is 1.43. The molecule has 0 aromatic rings. The minimum absolute atomic E-state index is 0.186. The molecule has 0 aromatic heterocycles. The van der Waals surface area contributed by atoms with E-state index in [1.807, 2.05) is 0 Å². The van der Waals surface area contributed by atoms with E-state index in [-0.39, 0.29) is 18.2 Å². The van der Waals surface area contributed by atoms with Gasteiger partial charge in [0.25, 0.3) is 0 Å². The van der Waals surface area contributed by atoms with Crippen molar-refractivity contribution in [3.63, 3.8) is 0 Å². The zero-order valence-corrected chi connectivity index (χ0v) is 6.32. The molecule has 1 aliphatic carbocycles. The van der Waals surface area contributed by atoms with Gasteiger partial charge in [-0.05, 0) is 12.8 Å². The first-order valence-corrected chi connectivity index (χ1v) is 3.98. The van der Waals surface area contributed by atoms with Gasteiger partial charge in [0, 0.05) is 12.6 Å². The molecule has 0 bridgehead atoms. The van der Waals surface area contributed by atoms with Crippen LogP contribution in [0, 0.1) is 0 Å². The Balaban J connectivity index is 1.95. The summed E-state index contributed by atoms with van der Waals surface area (Å²) in [6, 6.07) is 0.462. The highest BCUT2D eigenvalue weighted by atomic mass is 16.6. The first-order chi connectivity index (χ1) is 5.29. The molecule has 1 saturated carbocycles. The van der Waals surface area contributed by atoms with E-state index in [4.69, 9.17) is 10.5 Å². The fourth-order valence-corrected chi connectivity index (χ4v) is 1.43. The Labute approximate surface area is 65.3 Å². The van der Waals surface area contributed by atoms with Crippen LogP contribution in [-0.2, 0) is 4.74 Å². The number of nitrogens with two attached hydrogens (primary N) is 1. The minimum Gasteiger partial charge on any atom is -0.449 e. The lowest BCUT2D eigenvalue weighted by Crippen LogP contribution is -2.41. The van der Waals surface area contributed by atoms with Crippen molar-refractivity contribution in [3.05, 3.63) is 0 Å². The van der Waals surface area contributed by atoms with Gasteiger partial charge >= 0.3 is 6.09 Å². The molecule has 0 spiro atoms. The summed E-state index contributed by atoms with van der Waals surface area (Å²) in [7, 11) is 0. The SMILES string of the molecule is NC1CC1N1CCCOC1=O. The lowest BCUT2D eigenvalue weighted by atomic mass is 10.3. The van der Waals surface area contributed by atoms with Crippen molar-refractivity contribution in [3.8, 4) is 0 Å². The van der Waals surface area contributed by atoms with E-state index >= 15 is 0 Å². The Kier molecular flexibility index (Phi) is 1.49. The smallest absolute Gasteiger partial charge is 0.410 e. The number of ether oxygens (including phenoxy) is 1. The summed E-state index contributed by atoms with van der Waals surface area (Å²) in [6.45, 7) is 1.38. The molecule has 1 heterocycles. The highest BCUT2D eigenvalue weighted by Gasteiger charge is 2.42. The topological polar surface area (TPSA) is 55.6 Å². The molecule has 2 aliphatic rings. The summed E-state index contributed by atoms with van der Waals surface area (Å²) >= 11 is 0. The van der Waals surface area contributed by atoms with Crippen LogP contribution in [0.1, 0.15) is 12.8 Å². The van der Waals surface area contributed by atoms with E-state index in [2.05, 4.69) is 0 Å². The maximum atomic E-state index is 11.1. The Morgan fingerprint density at radius 2 is 2.36 bits per heavy atom. The molecule has 0 aromatic carbocycles. The normalized spacial score (nSPS) is 36.8. The van der Waals surface area contributed by atoms with Crippen LogP contribution in [0.3, 0.4) is 0 Å². The first-order valence-electron chi connectivity index (χ1n) is 3.98. The Morgan fingerprint density at radius 3 is 2.91 bits per heavy atom. The highest BCUT2D eigenvalue weighted by molar-refractivity contribution is 5.69. The molecular weight excluding hydrogens is 144 g/mol. The zero-order chi connectivity index (χ0) is 7.84. The van der Waals surface area contributed by atoms with Crippen LogP contribution >= 0.6 is 0 Å². The molecule has 4 heteroatoms. The molecule has 11 heavy (non-hydrogen) atoms. The molecule has 1 amide bonds. The van der Waals surface area contributed by atoms with Crippen molar-refractivity contribution in [2.24, 2.45) is 5.73 Å². The third-order valence-corrected chi connectivity index (χ3v) is 2.21. The number of amides is 1. The maximum Gasteiger partial charge on any atom is 0.410 e. The van der Waals surface area contributed by atoms with Crippen molar-refractivity contribution >= 4 is 6.09 Å². The van der Waals surface area contributed by atoms with Gasteiger partial charge in [-0.3, -0.25) is 0 Å². The van der Waals surface area contributed by atoms with Crippen molar-refractivity contribution in [2.45, 2.75) is 24.9 Å². The second kappa shape index (κ2) is 2.37. The average Bonchev–Trinajstić information content (AvgIpc) is 2.68. The van der Waals surface area contributed by atoms with Crippen LogP contribution in [0.25, 0.3) is 0 Å². The van der Waals surface area contributed by atoms with Gasteiger partial charge in [-0.2, -0.15) is 0 Å². The van der Waals surface area contributed by atoms with Crippen molar-refractivity contribution in [2.75, 3.05) is 13.2 Å². The number of nitrogens with zero attached hydrogens (tertiary/aromatic N) is 1. The van der Waals surface area contributed by atoms with E-state index in [0.29, 0.717) is 6.61 Å². The van der Waals surface area contributed by atoms with Crippen LogP contribution < -0.4 is 5.73 Å².